The lowest BCUT2D eigenvalue weighted by atomic mass is 10.1. The monoisotopic (exact) mass is 567 g/mol. The first-order chi connectivity index (χ1) is 17.1. The van der Waals surface area contributed by atoms with Gasteiger partial charge in [-0.25, -0.2) is 8.42 Å². The highest BCUT2D eigenvalue weighted by atomic mass is 35.5. The molecule has 0 aliphatic carbocycles. The van der Waals surface area contributed by atoms with Gasteiger partial charge in [0.25, 0.3) is 5.91 Å². The Morgan fingerprint density at radius 2 is 1.58 bits per heavy atom. The lowest BCUT2D eigenvalue weighted by Crippen LogP contribution is -2.48. The summed E-state index contributed by atoms with van der Waals surface area (Å²) in [7, 11) is -2.38. The Morgan fingerprint density at radius 3 is 2.25 bits per heavy atom. The molecule has 0 saturated carbocycles. The average Bonchev–Trinajstić information content (AvgIpc) is 2.85. The minimum absolute atomic E-state index is 0.0492. The van der Waals surface area contributed by atoms with Gasteiger partial charge in [0, 0.05) is 41.9 Å². The number of sulfonamides is 1. The highest BCUT2D eigenvalue weighted by Crippen LogP contribution is 2.32. The van der Waals surface area contributed by atoms with Crippen LogP contribution in [0.5, 0.6) is 5.75 Å². The number of carbonyl (C=O) groups is 1. The molecule has 0 atom stereocenters. The van der Waals surface area contributed by atoms with E-state index >= 15 is 0 Å². The summed E-state index contributed by atoms with van der Waals surface area (Å²) in [5.41, 5.74) is 2.48. The molecule has 0 radical (unpaired) electrons. The predicted molar refractivity (Wildman–Crippen MR) is 145 cm³/mol. The first-order valence-corrected chi connectivity index (χ1v) is 13.6. The molecule has 190 valence electrons. The molecule has 11 heteroatoms. The molecular formula is C25H24Cl3N3O4S. The summed E-state index contributed by atoms with van der Waals surface area (Å²) in [5.74, 6) is -0.205. The molecule has 1 amide bonds. The van der Waals surface area contributed by atoms with Crippen molar-refractivity contribution in [2.75, 3.05) is 43.5 Å². The molecule has 3 aromatic carbocycles. The fraction of sp³-hybridized carbons (Fsp3) is 0.240. The van der Waals surface area contributed by atoms with Gasteiger partial charge in [0.05, 0.1) is 28.3 Å². The predicted octanol–water partition coefficient (Wildman–Crippen LogP) is 5.73. The third-order valence-corrected chi connectivity index (χ3v) is 8.66. The van der Waals surface area contributed by atoms with E-state index in [1.54, 1.807) is 6.07 Å². The van der Waals surface area contributed by atoms with Crippen molar-refractivity contribution >= 4 is 62.1 Å². The van der Waals surface area contributed by atoms with Crippen LogP contribution < -0.4 is 15.0 Å². The summed E-state index contributed by atoms with van der Waals surface area (Å²) >= 11 is 18.2. The topological polar surface area (TPSA) is 79.0 Å². The fourth-order valence-corrected chi connectivity index (χ4v) is 6.16. The Balaban J connectivity index is 1.54. The Labute approximate surface area is 225 Å². The molecule has 1 aliphatic rings. The zero-order chi connectivity index (χ0) is 26.0. The van der Waals surface area contributed by atoms with Gasteiger partial charge in [0.2, 0.25) is 10.0 Å². The van der Waals surface area contributed by atoms with Crippen LogP contribution in [0.2, 0.25) is 15.1 Å². The van der Waals surface area contributed by atoms with E-state index in [2.05, 4.69) is 10.2 Å². The number of hydrogen-bond donors (Lipinski definition) is 1. The van der Waals surface area contributed by atoms with Gasteiger partial charge in [-0.3, -0.25) is 4.79 Å². The molecule has 1 aliphatic heterocycles. The first kappa shape index (κ1) is 26.6. The third kappa shape index (κ3) is 5.58. The van der Waals surface area contributed by atoms with E-state index in [-0.39, 0.29) is 21.2 Å². The quantitative estimate of drug-likeness (QED) is 0.411. The molecule has 1 fully saturated rings. The maximum Gasteiger partial charge on any atom is 0.257 e. The van der Waals surface area contributed by atoms with E-state index in [1.165, 1.54) is 41.7 Å². The Hall–Kier alpha value is -2.49. The average molecular weight is 569 g/mol. The molecule has 0 aromatic heterocycles. The van der Waals surface area contributed by atoms with Crippen LogP contribution >= 0.6 is 34.8 Å². The van der Waals surface area contributed by atoms with Crippen LogP contribution in [-0.4, -0.2) is 51.9 Å². The van der Waals surface area contributed by atoms with Gasteiger partial charge in [-0.05, 0) is 61.0 Å². The zero-order valence-electron chi connectivity index (χ0n) is 19.6. The molecule has 7 nitrogen and oxygen atoms in total. The van der Waals surface area contributed by atoms with Crippen molar-refractivity contribution in [1.29, 1.82) is 0 Å². The van der Waals surface area contributed by atoms with Gasteiger partial charge < -0.3 is 15.0 Å². The van der Waals surface area contributed by atoms with E-state index in [0.29, 0.717) is 42.0 Å². The van der Waals surface area contributed by atoms with Crippen LogP contribution in [0.3, 0.4) is 0 Å². The summed E-state index contributed by atoms with van der Waals surface area (Å²) in [6.45, 7) is 3.66. The van der Waals surface area contributed by atoms with Crippen LogP contribution in [-0.2, 0) is 10.0 Å². The lowest BCUT2D eigenvalue weighted by molar-refractivity contribution is 0.102. The largest absolute Gasteiger partial charge is 0.495 e. The maximum atomic E-state index is 13.4. The summed E-state index contributed by atoms with van der Waals surface area (Å²) in [5, 5.41) is 3.91. The second-order valence-electron chi connectivity index (χ2n) is 8.26. The summed E-state index contributed by atoms with van der Waals surface area (Å²) < 4.78 is 33.7. The van der Waals surface area contributed by atoms with Crippen molar-refractivity contribution in [3.8, 4) is 5.75 Å². The smallest absolute Gasteiger partial charge is 0.257 e. The van der Waals surface area contributed by atoms with Gasteiger partial charge in [0.15, 0.2) is 0 Å². The van der Waals surface area contributed by atoms with Crippen LogP contribution in [0.25, 0.3) is 0 Å². The number of nitrogens with one attached hydrogen (secondary N) is 1. The number of benzene rings is 3. The number of hydrogen-bond acceptors (Lipinski definition) is 5. The van der Waals surface area contributed by atoms with E-state index in [4.69, 9.17) is 39.5 Å². The van der Waals surface area contributed by atoms with Gasteiger partial charge in [-0.1, -0.05) is 40.9 Å². The molecule has 0 bridgehead atoms. The number of ether oxygens (including phenoxy) is 1. The first-order valence-electron chi connectivity index (χ1n) is 11.1. The van der Waals surface area contributed by atoms with Gasteiger partial charge in [0.1, 0.15) is 5.75 Å². The number of anilines is 2. The number of nitrogens with zero attached hydrogens (tertiary/aromatic N) is 2. The normalized spacial score (nSPS) is 14.5. The minimum atomic E-state index is -3.82. The number of methoxy groups -OCH3 is 1. The van der Waals surface area contributed by atoms with Gasteiger partial charge in [-0.15, -0.1) is 0 Å². The number of carbonyl (C=O) groups excluding carboxylic acids is 1. The molecule has 3 aromatic rings. The SMILES string of the molecule is COc1ccc(S(=O)(=O)N2CCN(c3cc(Cl)ccc3C)CC2)cc1NC(=O)c1ccc(Cl)cc1Cl. The standard InChI is InChI=1S/C25H24Cl3N3O4S/c1-16-3-4-18(27)14-23(16)30-9-11-31(12-10-30)36(33,34)19-6-8-24(35-2)22(15-19)29-25(32)20-7-5-17(26)13-21(20)28/h3-8,13-15H,9-12H2,1-2H3,(H,29,32). The second kappa shape index (κ2) is 10.9. The fourth-order valence-electron chi connectivity index (χ4n) is 4.05. The van der Waals surface area contributed by atoms with E-state index in [9.17, 15) is 13.2 Å². The van der Waals surface area contributed by atoms with Gasteiger partial charge in [-0.2, -0.15) is 4.31 Å². The van der Waals surface area contributed by atoms with E-state index in [1.807, 2.05) is 25.1 Å². The molecule has 36 heavy (non-hydrogen) atoms. The van der Waals surface area contributed by atoms with E-state index in [0.717, 1.165) is 11.3 Å². The third-order valence-electron chi connectivity index (χ3n) is 5.98. The number of piperazine rings is 1. The van der Waals surface area contributed by atoms with Gasteiger partial charge >= 0.3 is 0 Å². The van der Waals surface area contributed by atoms with Crippen LogP contribution in [0.4, 0.5) is 11.4 Å². The van der Waals surface area contributed by atoms with Crippen molar-refractivity contribution in [2.24, 2.45) is 0 Å². The number of amides is 1. The highest BCUT2D eigenvalue weighted by Gasteiger charge is 2.30. The van der Waals surface area contributed by atoms with Crippen LogP contribution in [0.1, 0.15) is 15.9 Å². The second-order valence-corrected chi connectivity index (χ2v) is 11.5. The minimum Gasteiger partial charge on any atom is -0.495 e. The molecule has 4 rings (SSSR count). The number of halogens is 3. The van der Waals surface area contributed by atoms with Crippen molar-refractivity contribution in [2.45, 2.75) is 11.8 Å². The van der Waals surface area contributed by atoms with Crippen molar-refractivity contribution < 1.29 is 17.9 Å². The molecular weight excluding hydrogens is 545 g/mol. The molecule has 0 spiro atoms. The summed E-state index contributed by atoms with van der Waals surface area (Å²) in [4.78, 5) is 15.0. The molecule has 0 unspecified atom stereocenters. The maximum absolute atomic E-state index is 13.4. The van der Waals surface area contributed by atoms with Crippen LogP contribution in [0.15, 0.2) is 59.5 Å². The molecule has 1 heterocycles. The highest BCUT2D eigenvalue weighted by molar-refractivity contribution is 7.89. The number of rotatable bonds is 6. The Kier molecular flexibility index (Phi) is 8.02. The Bertz CT molecular complexity index is 1410. The van der Waals surface area contributed by atoms with E-state index < -0.39 is 15.9 Å². The Morgan fingerprint density at radius 1 is 0.917 bits per heavy atom. The zero-order valence-corrected chi connectivity index (χ0v) is 22.7. The lowest BCUT2D eigenvalue weighted by Gasteiger charge is -2.36. The van der Waals surface area contributed by atoms with Crippen molar-refractivity contribution in [3.63, 3.8) is 0 Å². The molecule has 1 N–H and O–H groups in total. The molecule has 1 saturated heterocycles. The number of aryl methyl sites for hydroxylation is 1. The summed E-state index contributed by atoms with van der Waals surface area (Å²) in [6.07, 6.45) is 0. The van der Waals surface area contributed by atoms with Crippen molar-refractivity contribution in [3.05, 3.63) is 80.8 Å². The summed E-state index contributed by atoms with van der Waals surface area (Å²) in [6, 6.07) is 14.5. The van der Waals surface area contributed by atoms with Crippen LogP contribution in [0, 0.1) is 6.92 Å². The van der Waals surface area contributed by atoms with Crippen molar-refractivity contribution in [1.82, 2.24) is 4.31 Å².